The summed E-state index contributed by atoms with van der Waals surface area (Å²) in [5.41, 5.74) is 1.36. The molecule has 0 bridgehead atoms. The lowest BCUT2D eigenvalue weighted by atomic mass is 9.93. The van der Waals surface area contributed by atoms with Gasteiger partial charge in [-0.2, -0.15) is 0 Å². The lowest BCUT2D eigenvalue weighted by Crippen LogP contribution is -2.51. The molecule has 0 aliphatic carbocycles. The fourth-order valence-electron chi connectivity index (χ4n) is 4.86. The number of fused-ring (bicyclic) bond motifs is 1. The highest BCUT2D eigenvalue weighted by atomic mass is 19.1. The number of likely N-dealkylation sites (tertiary alicyclic amines) is 1. The molecular weight excluding hydrogens is 409 g/mol. The number of carbonyl (C=O) groups excluding carboxylic acids is 2. The first-order valence-corrected chi connectivity index (χ1v) is 11.8. The Morgan fingerprint density at radius 1 is 1.12 bits per heavy atom. The van der Waals surface area contributed by atoms with E-state index in [1.54, 1.807) is 6.07 Å². The summed E-state index contributed by atoms with van der Waals surface area (Å²) in [5.74, 6) is 0.946. The smallest absolute Gasteiger partial charge is 0.223 e. The zero-order chi connectivity index (χ0) is 22.7. The molecule has 4 rings (SSSR count). The molecule has 0 spiro atoms. The van der Waals surface area contributed by atoms with Gasteiger partial charge in [-0.25, -0.2) is 9.37 Å². The van der Waals surface area contributed by atoms with E-state index < -0.39 is 0 Å². The standard InChI is InChI=1S/C24H34FN5O2/c1-17(2)28-10-12-29(13-11-28)24(32)14-18-4-3-9-30(16-18)23(31)8-7-22-26-20-6-5-19(25)15-21(20)27-22/h5-6,15,17-18H,3-4,7-14,16H2,1-2H3,(H,26,27)/t18-/m0/s1. The van der Waals surface area contributed by atoms with Crippen molar-refractivity contribution < 1.29 is 14.0 Å². The minimum atomic E-state index is -0.306. The number of benzene rings is 1. The fourth-order valence-corrected chi connectivity index (χ4v) is 4.86. The molecule has 1 aromatic carbocycles. The van der Waals surface area contributed by atoms with E-state index in [2.05, 4.69) is 28.7 Å². The molecule has 7 nitrogen and oxygen atoms in total. The van der Waals surface area contributed by atoms with Gasteiger partial charge in [-0.05, 0) is 50.8 Å². The normalized spacial score (nSPS) is 20.3. The van der Waals surface area contributed by atoms with Gasteiger partial charge in [-0.1, -0.05) is 0 Å². The van der Waals surface area contributed by atoms with Crippen molar-refractivity contribution in [3.8, 4) is 0 Å². The van der Waals surface area contributed by atoms with E-state index in [-0.39, 0.29) is 23.5 Å². The zero-order valence-corrected chi connectivity index (χ0v) is 19.1. The highest BCUT2D eigenvalue weighted by molar-refractivity contribution is 5.78. The fraction of sp³-hybridized carbons (Fsp3) is 0.625. The van der Waals surface area contributed by atoms with E-state index in [0.717, 1.165) is 45.6 Å². The molecule has 8 heteroatoms. The summed E-state index contributed by atoms with van der Waals surface area (Å²) in [4.78, 5) is 39.4. The lowest BCUT2D eigenvalue weighted by Gasteiger charge is -2.38. The zero-order valence-electron chi connectivity index (χ0n) is 19.1. The maximum Gasteiger partial charge on any atom is 0.223 e. The first kappa shape index (κ1) is 22.7. The molecule has 2 saturated heterocycles. The SMILES string of the molecule is CC(C)N1CCN(C(=O)C[C@@H]2CCCN(C(=O)CCc3nc4ccc(F)cc4[nH]3)C2)CC1. The summed E-state index contributed by atoms with van der Waals surface area (Å²) in [6, 6.07) is 4.97. The Labute approximate surface area is 189 Å². The van der Waals surface area contributed by atoms with Crippen molar-refractivity contribution in [2.75, 3.05) is 39.3 Å². The van der Waals surface area contributed by atoms with Crippen molar-refractivity contribution in [3.05, 3.63) is 29.8 Å². The van der Waals surface area contributed by atoms with Gasteiger partial charge in [0.05, 0.1) is 11.0 Å². The molecule has 0 unspecified atom stereocenters. The third-order valence-corrected chi connectivity index (χ3v) is 6.80. The first-order valence-electron chi connectivity index (χ1n) is 11.8. The maximum absolute atomic E-state index is 13.4. The molecule has 174 valence electrons. The Kier molecular flexibility index (Phi) is 7.08. The van der Waals surface area contributed by atoms with Crippen molar-refractivity contribution in [2.24, 2.45) is 5.92 Å². The number of hydrogen-bond acceptors (Lipinski definition) is 4. The number of hydrogen-bond donors (Lipinski definition) is 1. The van der Waals surface area contributed by atoms with Gasteiger partial charge in [0.1, 0.15) is 11.6 Å². The summed E-state index contributed by atoms with van der Waals surface area (Å²) < 4.78 is 13.4. The molecule has 3 heterocycles. The van der Waals surface area contributed by atoms with Crippen LogP contribution in [0, 0.1) is 11.7 Å². The van der Waals surface area contributed by atoms with E-state index >= 15 is 0 Å². The average molecular weight is 444 g/mol. The number of amides is 2. The number of aromatic amines is 1. The number of aryl methyl sites for hydroxylation is 1. The first-order chi connectivity index (χ1) is 15.4. The Bertz CT molecular complexity index is 951. The van der Waals surface area contributed by atoms with Gasteiger partial charge in [0, 0.05) is 64.6 Å². The molecule has 2 aliphatic heterocycles. The Balaban J connectivity index is 1.25. The van der Waals surface area contributed by atoms with Gasteiger partial charge in [0.25, 0.3) is 0 Å². The highest BCUT2D eigenvalue weighted by Crippen LogP contribution is 2.22. The van der Waals surface area contributed by atoms with Crippen LogP contribution in [0.2, 0.25) is 0 Å². The number of rotatable bonds is 6. The van der Waals surface area contributed by atoms with Gasteiger partial charge >= 0.3 is 0 Å². The third kappa shape index (κ3) is 5.46. The van der Waals surface area contributed by atoms with Crippen LogP contribution < -0.4 is 0 Å². The van der Waals surface area contributed by atoms with Gasteiger partial charge in [-0.3, -0.25) is 14.5 Å². The van der Waals surface area contributed by atoms with E-state index in [0.29, 0.717) is 48.7 Å². The lowest BCUT2D eigenvalue weighted by molar-refractivity contribution is -0.137. The number of carbonyl (C=O) groups is 2. The minimum Gasteiger partial charge on any atom is -0.342 e. The van der Waals surface area contributed by atoms with Crippen LogP contribution in [0.5, 0.6) is 0 Å². The van der Waals surface area contributed by atoms with Crippen LogP contribution in [0.25, 0.3) is 11.0 Å². The molecule has 0 saturated carbocycles. The van der Waals surface area contributed by atoms with E-state index in [4.69, 9.17) is 0 Å². The number of imidazole rings is 1. The number of piperazine rings is 1. The molecule has 2 aliphatic rings. The second kappa shape index (κ2) is 9.98. The van der Waals surface area contributed by atoms with Crippen molar-refractivity contribution >= 4 is 22.8 Å². The molecule has 2 aromatic rings. The Hall–Kier alpha value is -2.48. The quantitative estimate of drug-likeness (QED) is 0.745. The molecule has 2 amide bonds. The molecule has 1 N–H and O–H groups in total. The number of piperidine rings is 1. The Morgan fingerprint density at radius 3 is 2.66 bits per heavy atom. The summed E-state index contributed by atoms with van der Waals surface area (Å²) in [6.07, 6.45) is 3.32. The average Bonchev–Trinajstić information content (AvgIpc) is 3.19. The summed E-state index contributed by atoms with van der Waals surface area (Å²) >= 11 is 0. The largest absolute Gasteiger partial charge is 0.342 e. The summed E-state index contributed by atoms with van der Waals surface area (Å²) in [6.45, 7) is 9.27. The van der Waals surface area contributed by atoms with E-state index in [9.17, 15) is 14.0 Å². The van der Waals surface area contributed by atoms with Crippen LogP contribution in [0.3, 0.4) is 0 Å². The van der Waals surface area contributed by atoms with Crippen LogP contribution in [0.1, 0.15) is 45.4 Å². The molecule has 1 atom stereocenters. The predicted molar refractivity (Wildman–Crippen MR) is 122 cm³/mol. The molecule has 32 heavy (non-hydrogen) atoms. The van der Waals surface area contributed by atoms with Crippen LogP contribution in [0.15, 0.2) is 18.2 Å². The topological polar surface area (TPSA) is 72.5 Å². The number of halogens is 1. The second-order valence-corrected chi connectivity index (χ2v) is 9.41. The van der Waals surface area contributed by atoms with Crippen LogP contribution in [-0.2, 0) is 16.0 Å². The minimum absolute atomic E-state index is 0.0966. The monoisotopic (exact) mass is 443 g/mol. The van der Waals surface area contributed by atoms with Crippen LogP contribution in [0.4, 0.5) is 4.39 Å². The summed E-state index contributed by atoms with van der Waals surface area (Å²) in [7, 11) is 0. The summed E-state index contributed by atoms with van der Waals surface area (Å²) in [5, 5.41) is 0. The van der Waals surface area contributed by atoms with Gasteiger partial charge in [0.15, 0.2) is 0 Å². The van der Waals surface area contributed by atoms with Crippen LogP contribution in [-0.4, -0.2) is 81.8 Å². The van der Waals surface area contributed by atoms with Crippen molar-refractivity contribution in [1.82, 2.24) is 24.7 Å². The maximum atomic E-state index is 13.4. The van der Waals surface area contributed by atoms with Crippen molar-refractivity contribution in [3.63, 3.8) is 0 Å². The highest BCUT2D eigenvalue weighted by Gasteiger charge is 2.28. The number of nitrogens with zero attached hydrogens (tertiary/aromatic N) is 4. The molecule has 2 fully saturated rings. The van der Waals surface area contributed by atoms with Gasteiger partial charge in [0.2, 0.25) is 11.8 Å². The van der Waals surface area contributed by atoms with E-state index in [1.165, 1.54) is 12.1 Å². The third-order valence-electron chi connectivity index (χ3n) is 6.80. The second-order valence-electron chi connectivity index (χ2n) is 9.41. The molecular formula is C24H34FN5O2. The Morgan fingerprint density at radius 2 is 1.91 bits per heavy atom. The van der Waals surface area contributed by atoms with E-state index in [1.807, 2.05) is 9.80 Å². The van der Waals surface area contributed by atoms with Crippen LogP contribution >= 0.6 is 0 Å². The van der Waals surface area contributed by atoms with Crippen molar-refractivity contribution in [1.29, 1.82) is 0 Å². The van der Waals surface area contributed by atoms with Crippen molar-refractivity contribution in [2.45, 2.75) is 52.0 Å². The number of H-pyrrole nitrogens is 1. The van der Waals surface area contributed by atoms with Gasteiger partial charge < -0.3 is 14.8 Å². The number of aromatic nitrogens is 2. The number of nitrogens with one attached hydrogen (secondary N) is 1. The predicted octanol–water partition coefficient (Wildman–Crippen LogP) is 2.82. The van der Waals surface area contributed by atoms with Gasteiger partial charge in [-0.15, -0.1) is 0 Å². The molecule has 1 aromatic heterocycles. The molecule has 0 radical (unpaired) electrons.